The number of hydrogen-bond acceptors (Lipinski definition) is 6. The summed E-state index contributed by atoms with van der Waals surface area (Å²) in [5, 5.41) is 2.34. The number of alkyl halides is 3. The molecule has 3 amide bonds. The summed E-state index contributed by atoms with van der Waals surface area (Å²) in [5.74, 6) is -0.307. The van der Waals surface area contributed by atoms with Gasteiger partial charge in [0.2, 0.25) is 11.8 Å². The number of thioether (sulfide) groups is 1. The van der Waals surface area contributed by atoms with Crippen molar-refractivity contribution < 1.29 is 27.6 Å². The van der Waals surface area contributed by atoms with E-state index in [2.05, 4.69) is 10.3 Å². The Balaban J connectivity index is 1.48. The maximum absolute atomic E-state index is 12.7. The van der Waals surface area contributed by atoms with E-state index < -0.39 is 11.7 Å². The summed E-state index contributed by atoms with van der Waals surface area (Å²) in [7, 11) is 0. The lowest BCUT2D eigenvalue weighted by Gasteiger charge is -2.32. The number of hydrogen-bond donors (Lipinski definition) is 1. The van der Waals surface area contributed by atoms with E-state index in [-0.39, 0.29) is 52.7 Å². The number of anilines is 1. The van der Waals surface area contributed by atoms with E-state index in [0.717, 1.165) is 28.9 Å². The molecule has 2 fully saturated rings. The minimum absolute atomic E-state index is 0.0828. The molecule has 158 valence electrons. The Morgan fingerprint density at radius 1 is 1.31 bits per heavy atom. The minimum Gasteiger partial charge on any atom is -0.355 e. The van der Waals surface area contributed by atoms with Crippen LogP contribution in [-0.4, -0.2) is 58.9 Å². The first-order chi connectivity index (χ1) is 13.7. The Morgan fingerprint density at radius 3 is 2.55 bits per heavy atom. The van der Waals surface area contributed by atoms with Gasteiger partial charge >= 0.3 is 6.18 Å². The number of rotatable bonds is 5. The molecule has 12 heteroatoms. The smallest absolute Gasteiger partial charge is 0.355 e. The van der Waals surface area contributed by atoms with Crippen LogP contribution in [0.15, 0.2) is 12.3 Å². The molecule has 1 aromatic heterocycles. The van der Waals surface area contributed by atoms with Crippen LogP contribution in [-0.2, 0) is 15.8 Å². The molecular formula is C17H18ClF3N4O3S. The molecule has 0 aromatic carbocycles. The molecule has 1 aromatic rings. The zero-order valence-electron chi connectivity index (χ0n) is 15.2. The molecule has 0 atom stereocenters. The van der Waals surface area contributed by atoms with Gasteiger partial charge in [0.25, 0.3) is 5.24 Å². The van der Waals surface area contributed by atoms with Crippen LogP contribution in [0.1, 0.15) is 18.4 Å². The molecule has 0 aliphatic carbocycles. The van der Waals surface area contributed by atoms with Gasteiger partial charge in [-0.1, -0.05) is 23.4 Å². The molecule has 3 rings (SSSR count). The van der Waals surface area contributed by atoms with E-state index in [1.54, 1.807) is 4.90 Å². The number of amides is 3. The number of carbonyl (C=O) groups excluding carboxylic acids is 3. The largest absolute Gasteiger partial charge is 0.417 e. The lowest BCUT2D eigenvalue weighted by molar-refractivity contribution is -0.137. The van der Waals surface area contributed by atoms with Crippen molar-refractivity contribution in [2.75, 3.05) is 36.8 Å². The Labute approximate surface area is 173 Å². The fraction of sp³-hybridized carbons (Fsp3) is 0.529. The van der Waals surface area contributed by atoms with E-state index in [4.69, 9.17) is 11.6 Å². The molecular weight excluding hydrogens is 433 g/mol. The van der Waals surface area contributed by atoms with Crippen LogP contribution in [0.25, 0.3) is 0 Å². The van der Waals surface area contributed by atoms with Crippen LogP contribution in [0.5, 0.6) is 0 Å². The second kappa shape index (κ2) is 8.78. The summed E-state index contributed by atoms with van der Waals surface area (Å²) in [6.07, 6.45) is -2.78. The maximum atomic E-state index is 12.7. The molecule has 2 aliphatic rings. The third-order valence-electron chi connectivity index (χ3n) is 4.79. The predicted molar refractivity (Wildman–Crippen MR) is 102 cm³/mol. The van der Waals surface area contributed by atoms with Crippen LogP contribution in [0.2, 0.25) is 5.02 Å². The zero-order valence-corrected chi connectivity index (χ0v) is 16.7. The van der Waals surface area contributed by atoms with Gasteiger partial charge in [-0.3, -0.25) is 19.3 Å². The molecule has 2 aliphatic heterocycles. The standard InChI is InChI=1S/C17H18ClF3N4O3S/c18-12-7-11(17(19,20)21)8-23-14(12)24-4-1-10(2-5-24)15(27)22-3-6-25-13(26)9-29-16(25)28/h7-8,10H,1-6,9H2,(H,22,27). The van der Waals surface area contributed by atoms with E-state index in [1.807, 2.05) is 0 Å². The lowest BCUT2D eigenvalue weighted by atomic mass is 9.96. The van der Waals surface area contributed by atoms with Gasteiger partial charge in [-0.2, -0.15) is 13.2 Å². The van der Waals surface area contributed by atoms with Gasteiger partial charge in [-0.25, -0.2) is 4.98 Å². The molecule has 0 radical (unpaired) electrons. The molecule has 0 bridgehead atoms. The van der Waals surface area contributed by atoms with Crippen molar-refractivity contribution >= 4 is 46.2 Å². The summed E-state index contributed by atoms with van der Waals surface area (Å²) in [6.45, 7) is 1.18. The minimum atomic E-state index is -4.51. The maximum Gasteiger partial charge on any atom is 0.417 e. The number of aromatic nitrogens is 1. The average Bonchev–Trinajstić information content (AvgIpc) is 2.99. The predicted octanol–water partition coefficient (Wildman–Crippen LogP) is 2.78. The molecule has 0 saturated carbocycles. The van der Waals surface area contributed by atoms with Crippen molar-refractivity contribution in [2.45, 2.75) is 19.0 Å². The van der Waals surface area contributed by atoms with Crippen molar-refractivity contribution in [3.63, 3.8) is 0 Å². The highest BCUT2D eigenvalue weighted by atomic mass is 35.5. The van der Waals surface area contributed by atoms with Crippen LogP contribution in [0.4, 0.5) is 23.8 Å². The first-order valence-corrected chi connectivity index (χ1v) is 10.3. The summed E-state index contributed by atoms with van der Waals surface area (Å²) in [5.41, 5.74) is -0.908. The Morgan fingerprint density at radius 2 is 2.00 bits per heavy atom. The SMILES string of the molecule is O=C(NCCN1C(=O)CSC1=O)C1CCN(c2ncc(C(F)(F)F)cc2Cl)CC1. The second-order valence-corrected chi connectivity index (χ2v) is 8.01. The molecule has 7 nitrogen and oxygen atoms in total. The van der Waals surface area contributed by atoms with E-state index in [0.29, 0.717) is 25.9 Å². The Kier molecular flexibility index (Phi) is 6.57. The van der Waals surface area contributed by atoms with Crippen molar-refractivity contribution in [1.29, 1.82) is 0 Å². The van der Waals surface area contributed by atoms with Gasteiger partial charge in [0.1, 0.15) is 5.82 Å². The van der Waals surface area contributed by atoms with Gasteiger partial charge in [0, 0.05) is 38.3 Å². The van der Waals surface area contributed by atoms with Gasteiger partial charge in [0.05, 0.1) is 16.3 Å². The van der Waals surface area contributed by atoms with Crippen LogP contribution in [0, 0.1) is 5.92 Å². The molecule has 0 spiro atoms. The van der Waals surface area contributed by atoms with Crippen molar-refractivity contribution in [1.82, 2.24) is 15.2 Å². The van der Waals surface area contributed by atoms with E-state index >= 15 is 0 Å². The number of nitrogens with one attached hydrogen (secondary N) is 1. The Hall–Kier alpha value is -2.01. The zero-order chi connectivity index (χ0) is 21.2. The van der Waals surface area contributed by atoms with Gasteiger partial charge < -0.3 is 10.2 Å². The highest BCUT2D eigenvalue weighted by molar-refractivity contribution is 8.14. The quantitative estimate of drug-likeness (QED) is 0.742. The molecule has 3 heterocycles. The first-order valence-electron chi connectivity index (χ1n) is 8.89. The number of pyridine rings is 1. The first kappa shape index (κ1) is 21.7. The molecule has 1 N–H and O–H groups in total. The monoisotopic (exact) mass is 450 g/mol. The van der Waals surface area contributed by atoms with Crippen LogP contribution >= 0.6 is 23.4 Å². The molecule has 0 unspecified atom stereocenters. The van der Waals surface area contributed by atoms with Gasteiger partial charge in [-0.15, -0.1) is 0 Å². The van der Waals surface area contributed by atoms with E-state index in [1.165, 1.54) is 0 Å². The Bertz CT molecular complexity index is 800. The lowest BCUT2D eigenvalue weighted by Crippen LogP contribution is -2.43. The second-order valence-electron chi connectivity index (χ2n) is 6.68. The van der Waals surface area contributed by atoms with Crippen molar-refractivity contribution in [3.05, 3.63) is 22.8 Å². The highest BCUT2D eigenvalue weighted by Crippen LogP contribution is 2.34. The van der Waals surface area contributed by atoms with Crippen molar-refractivity contribution in [2.24, 2.45) is 5.92 Å². The third kappa shape index (κ3) is 5.13. The number of carbonyl (C=O) groups is 3. The van der Waals surface area contributed by atoms with E-state index in [9.17, 15) is 27.6 Å². The normalized spacial score (nSPS) is 18.5. The van der Waals surface area contributed by atoms with Gasteiger partial charge in [0.15, 0.2) is 0 Å². The fourth-order valence-electron chi connectivity index (χ4n) is 3.20. The number of halogens is 4. The number of piperidine rings is 1. The van der Waals surface area contributed by atoms with Crippen LogP contribution in [0.3, 0.4) is 0 Å². The number of imide groups is 1. The van der Waals surface area contributed by atoms with Gasteiger partial charge in [-0.05, 0) is 18.9 Å². The third-order valence-corrected chi connectivity index (χ3v) is 5.93. The number of nitrogens with zero attached hydrogens (tertiary/aromatic N) is 3. The highest BCUT2D eigenvalue weighted by Gasteiger charge is 2.33. The summed E-state index contributed by atoms with van der Waals surface area (Å²) in [4.78, 5) is 42.1. The summed E-state index contributed by atoms with van der Waals surface area (Å²) < 4.78 is 38.2. The molecule has 29 heavy (non-hydrogen) atoms. The average molecular weight is 451 g/mol. The summed E-state index contributed by atoms with van der Waals surface area (Å²) in [6, 6.07) is 0.849. The molecule has 2 saturated heterocycles. The fourth-order valence-corrected chi connectivity index (χ4v) is 4.24. The topological polar surface area (TPSA) is 82.6 Å². The van der Waals surface area contributed by atoms with Crippen LogP contribution < -0.4 is 10.2 Å². The summed E-state index contributed by atoms with van der Waals surface area (Å²) >= 11 is 6.92. The van der Waals surface area contributed by atoms with Crippen molar-refractivity contribution in [3.8, 4) is 0 Å².